The van der Waals surface area contributed by atoms with E-state index >= 15 is 0 Å². The summed E-state index contributed by atoms with van der Waals surface area (Å²) >= 11 is 0. The second-order valence-electron chi connectivity index (χ2n) is 23.6. The van der Waals surface area contributed by atoms with Crippen LogP contribution in [-0.4, -0.2) is 147 Å². The number of likely N-dealkylation sites (N-methyl/N-ethyl adjacent to an activating group) is 2. The molecule has 448 valence electrons. The summed E-state index contributed by atoms with van der Waals surface area (Å²) in [6, 6.07) is 4.48. The molecule has 8 heterocycles. The summed E-state index contributed by atoms with van der Waals surface area (Å²) < 4.78 is 23.5. The fourth-order valence-corrected chi connectivity index (χ4v) is 14.9. The maximum atomic E-state index is 13.2. The Balaban J connectivity index is 0.000000215. The summed E-state index contributed by atoms with van der Waals surface area (Å²) in [6.45, 7) is 16.7. The fraction of sp³-hybridized carbons (Fsp3) is 0.532. The molecule has 12 rings (SSSR count). The van der Waals surface area contributed by atoms with Gasteiger partial charge in [-0.3, -0.25) is 34.0 Å². The second-order valence-corrected chi connectivity index (χ2v) is 23.6. The number of carbonyl (C=O) groups excluding carboxylic acids is 3. The fourth-order valence-electron chi connectivity index (χ4n) is 14.9. The number of carbonyl (C=O) groups is 3. The zero-order valence-electron chi connectivity index (χ0n) is 49.5. The molecule has 12 atom stereocenters. The van der Waals surface area contributed by atoms with E-state index in [1.807, 2.05) is 41.8 Å². The smallest absolute Gasteiger partial charge is 0.242 e. The zero-order chi connectivity index (χ0) is 58.8. The van der Waals surface area contributed by atoms with Gasteiger partial charge in [0, 0.05) is 176 Å². The number of nitrogens with zero attached hydrogens (tertiary/aromatic N) is 6. The third-order valence-corrected chi connectivity index (χ3v) is 19.4. The number of phenols is 4. The molecule has 3 amide bonds. The minimum absolute atomic E-state index is 0. The van der Waals surface area contributed by atoms with Gasteiger partial charge in [-0.2, -0.15) is 10.5 Å². The first-order valence-corrected chi connectivity index (χ1v) is 28.4. The SMILES string of the molecule is C.CCC(=O)N[C@@H](C)C(=O)NC[C@H]1c2c(c(O)c(C)c3c2OCO3)CC2[C@H]3c4c(cc(C)c(C)c4O)C[C@@H]([C@H](C#N)N21)N3C.Cc1cc2c(c(O)c1C)[C@@H]1C3Cc4c(O)c(C)c5c(c4[C@H](CNC(=O)[C@H](C)N)N3[C@@H](C#N)[C@H](C2)N1C)OCO5.[Ac].[Ac]. The number of nitrogens with two attached hydrogens (primary N) is 1. The van der Waals surface area contributed by atoms with Crippen molar-refractivity contribution in [3.8, 4) is 58.1 Å². The Bertz CT molecular complexity index is 3460. The van der Waals surface area contributed by atoms with E-state index in [-0.39, 0.29) is 206 Å². The van der Waals surface area contributed by atoms with Crippen LogP contribution in [0.4, 0.5) is 0 Å². The number of aryl methyl sites for hydroxylation is 2. The summed E-state index contributed by atoms with van der Waals surface area (Å²) in [6.07, 6.45) is 2.29. The van der Waals surface area contributed by atoms with Crippen molar-refractivity contribution in [2.45, 2.75) is 174 Å². The average molecular weight is 1590 g/mol. The molecule has 21 nitrogen and oxygen atoms in total. The van der Waals surface area contributed by atoms with Gasteiger partial charge in [0.1, 0.15) is 41.1 Å². The molecule has 4 aromatic carbocycles. The van der Waals surface area contributed by atoms with Crippen molar-refractivity contribution in [2.24, 2.45) is 5.73 Å². The standard InChI is InChI=1S/C32H39N5O6.C29H35N5O5.CH4.2Ac/c1-7-24(38)35-17(5)32(41)34-12-23-26-19(28(39)16(4)30-31(26)43-13-42-30)10-21-27-25-18(8-14(2)15(3)29(25)40)9-20(36(27)6)22(11-33)37(21)23;1-12-6-16-7-18-20(9-30)34-19(24(33(18)5)22(16)26(36)13(12)2)8-17-23(21(34)10-32-29(37)15(4)31)28-27(38-11-39-28)14(3)25(17)35;;;/h8,17,20-23,27,39-40H,7,9-10,12-13H2,1-6H3,(H,34,41)(H,35,38);6,15,18-21,24,35-36H,7-8,10-11,31H2,1-5H3,(H,32,37);1H4;;/t17-,20-,21?,22-,23-,27-;15-,18-,19?,20-,21-,24-;;;/m00.../s1. The average Bonchev–Trinajstić information content (AvgIpc) is 1.29. The number of nitrogens with one attached hydrogen (secondary N) is 3. The van der Waals surface area contributed by atoms with Crippen molar-refractivity contribution < 1.29 is 142 Å². The molecule has 4 bridgehead atoms. The molecule has 0 saturated carbocycles. The van der Waals surface area contributed by atoms with Crippen LogP contribution in [-0.2, 0) is 40.1 Å². The van der Waals surface area contributed by atoms with Crippen LogP contribution in [0.5, 0.6) is 46.0 Å². The van der Waals surface area contributed by atoms with Gasteiger partial charge < -0.3 is 61.1 Å². The molecule has 2 unspecified atom stereocenters. The number of phenolic OH excluding ortho intramolecular Hbond substituents is 4. The van der Waals surface area contributed by atoms with Crippen molar-refractivity contribution >= 4 is 17.7 Å². The number of benzene rings is 4. The molecule has 85 heavy (non-hydrogen) atoms. The molecule has 0 aromatic heterocycles. The third-order valence-electron chi connectivity index (χ3n) is 19.4. The normalized spacial score (nSPS) is 25.9. The van der Waals surface area contributed by atoms with Gasteiger partial charge in [0.2, 0.25) is 31.3 Å². The Hall–Kier alpha value is -4.65. The molecule has 2 radical (unpaired) electrons. The first-order valence-electron chi connectivity index (χ1n) is 28.4. The van der Waals surface area contributed by atoms with Gasteiger partial charge >= 0.3 is 0 Å². The van der Waals surface area contributed by atoms with E-state index in [1.165, 1.54) is 0 Å². The first-order chi connectivity index (χ1) is 39.1. The molecule has 0 spiro atoms. The van der Waals surface area contributed by atoms with Crippen LogP contribution in [0.25, 0.3) is 0 Å². The van der Waals surface area contributed by atoms with Crippen LogP contribution in [0.3, 0.4) is 0 Å². The topological polar surface area (TPSA) is 292 Å². The maximum Gasteiger partial charge on any atom is 0.242 e. The largest absolute Gasteiger partial charge is 0.507 e. The number of nitriles is 2. The van der Waals surface area contributed by atoms with Crippen LogP contribution in [0.15, 0.2) is 12.1 Å². The monoisotopic (exact) mass is 1590 g/mol. The number of rotatable bonds is 8. The molecule has 2 fully saturated rings. The van der Waals surface area contributed by atoms with Gasteiger partial charge in [-0.15, -0.1) is 0 Å². The number of amides is 3. The van der Waals surface area contributed by atoms with Gasteiger partial charge in [0.15, 0.2) is 23.0 Å². The third kappa shape index (κ3) is 10.6. The molecule has 8 aliphatic rings. The number of hydrogen-bond donors (Lipinski definition) is 8. The Morgan fingerprint density at radius 3 is 1.38 bits per heavy atom. The van der Waals surface area contributed by atoms with E-state index in [0.29, 0.717) is 70.9 Å². The number of hydrogen-bond acceptors (Lipinski definition) is 18. The summed E-state index contributed by atoms with van der Waals surface area (Å²) in [7, 11) is 4.02. The molecule has 8 aliphatic heterocycles. The van der Waals surface area contributed by atoms with E-state index in [4.69, 9.17) is 24.7 Å². The molecule has 0 aliphatic carbocycles. The van der Waals surface area contributed by atoms with Crippen LogP contribution >= 0.6 is 0 Å². The summed E-state index contributed by atoms with van der Waals surface area (Å²) in [5, 5.41) is 75.9. The molecule has 2 saturated heterocycles. The van der Waals surface area contributed by atoms with Gasteiger partial charge in [-0.25, -0.2) is 0 Å². The van der Waals surface area contributed by atoms with E-state index < -0.39 is 36.3 Å². The van der Waals surface area contributed by atoms with Gasteiger partial charge in [-0.05, 0) is 129 Å². The van der Waals surface area contributed by atoms with Crippen molar-refractivity contribution in [3.05, 3.63) is 90.0 Å². The molecular weight excluding hydrogens is 1510 g/mol. The van der Waals surface area contributed by atoms with Gasteiger partial charge in [-0.1, -0.05) is 26.5 Å². The predicted molar refractivity (Wildman–Crippen MR) is 306 cm³/mol. The summed E-state index contributed by atoms with van der Waals surface area (Å²) in [4.78, 5) is 46.5. The molecule has 4 aromatic rings. The first kappa shape index (κ1) is 66.3. The molecular formula is C62H78Ac2N10O11. The minimum Gasteiger partial charge on any atom is -0.507 e. The summed E-state index contributed by atoms with van der Waals surface area (Å²) in [5.41, 5.74) is 17.4. The van der Waals surface area contributed by atoms with Crippen molar-refractivity contribution in [3.63, 3.8) is 0 Å². The minimum atomic E-state index is -0.753. The number of ether oxygens (including phenoxy) is 4. The van der Waals surface area contributed by atoms with E-state index in [2.05, 4.69) is 59.8 Å². The van der Waals surface area contributed by atoms with Gasteiger partial charge in [0.05, 0.1) is 42.3 Å². The maximum absolute atomic E-state index is 13.2. The predicted octanol–water partition coefficient (Wildman–Crippen LogP) is 5.18. The Labute approximate surface area is 568 Å². The number of aromatic hydroxyl groups is 4. The van der Waals surface area contributed by atoms with E-state index in [9.17, 15) is 45.3 Å². The van der Waals surface area contributed by atoms with Crippen LogP contribution in [0, 0.1) is 152 Å². The number of fused-ring (bicyclic) bond motifs is 18. The second kappa shape index (κ2) is 25.5. The van der Waals surface area contributed by atoms with Crippen LogP contribution in [0.1, 0.15) is 137 Å². The van der Waals surface area contributed by atoms with Crippen LogP contribution < -0.4 is 40.6 Å². The molecule has 9 N–H and O–H groups in total. The summed E-state index contributed by atoms with van der Waals surface area (Å²) in [5.74, 6) is 1.94. The quantitative estimate of drug-likeness (QED) is 0.113. The van der Waals surface area contributed by atoms with Crippen molar-refractivity contribution in [2.75, 3.05) is 40.8 Å². The Morgan fingerprint density at radius 2 is 1.00 bits per heavy atom. The molecule has 23 heteroatoms. The van der Waals surface area contributed by atoms with Gasteiger partial charge in [0.25, 0.3) is 0 Å². The number of piperazine rings is 2. The zero-order valence-corrected chi connectivity index (χ0v) is 59.0. The van der Waals surface area contributed by atoms with Crippen molar-refractivity contribution in [1.29, 1.82) is 10.5 Å². The Kier molecular flexibility index (Phi) is 19.9. The van der Waals surface area contributed by atoms with E-state index in [1.54, 1.807) is 34.6 Å². The van der Waals surface area contributed by atoms with Crippen LogP contribution in [0.2, 0.25) is 0 Å². The van der Waals surface area contributed by atoms with Crippen molar-refractivity contribution in [1.82, 2.24) is 35.6 Å². The van der Waals surface area contributed by atoms with E-state index in [0.717, 1.165) is 55.6 Å². The Morgan fingerprint density at radius 1 is 0.612 bits per heavy atom.